The third-order valence-electron chi connectivity index (χ3n) is 3.41. The summed E-state index contributed by atoms with van der Waals surface area (Å²) in [6.45, 7) is 4.00. The van der Waals surface area contributed by atoms with Gasteiger partial charge in [-0.3, -0.25) is 4.79 Å². The maximum absolute atomic E-state index is 11.9. The molecule has 22 heavy (non-hydrogen) atoms. The van der Waals surface area contributed by atoms with E-state index in [1.165, 1.54) is 5.56 Å². The highest BCUT2D eigenvalue weighted by Crippen LogP contribution is 2.10. The van der Waals surface area contributed by atoms with Gasteiger partial charge in [0, 0.05) is 5.02 Å². The number of hydrogen-bond acceptors (Lipinski definition) is 2. The molecular formula is C18H19ClN2O. The van der Waals surface area contributed by atoms with Crippen LogP contribution < -0.4 is 5.43 Å². The first kappa shape index (κ1) is 16.2. The maximum Gasteiger partial charge on any atom is 0.244 e. The maximum atomic E-state index is 11.9. The van der Waals surface area contributed by atoms with Gasteiger partial charge in [0.25, 0.3) is 0 Å². The summed E-state index contributed by atoms with van der Waals surface area (Å²) in [7, 11) is 0. The molecule has 4 heteroatoms. The van der Waals surface area contributed by atoms with E-state index in [1.54, 1.807) is 12.1 Å². The molecule has 0 radical (unpaired) electrons. The number of hydrogen-bond donors (Lipinski definition) is 1. The Hall–Kier alpha value is -2.13. The monoisotopic (exact) mass is 314 g/mol. The fourth-order valence-electron chi connectivity index (χ4n) is 2.02. The van der Waals surface area contributed by atoms with Crippen LogP contribution in [-0.2, 0) is 17.6 Å². The third-order valence-corrected chi connectivity index (χ3v) is 3.66. The number of nitrogens with one attached hydrogen (secondary N) is 1. The summed E-state index contributed by atoms with van der Waals surface area (Å²) in [6.07, 6.45) is 1.29. The third kappa shape index (κ3) is 4.71. The molecule has 3 nitrogen and oxygen atoms in total. The van der Waals surface area contributed by atoms with Crippen LogP contribution in [-0.4, -0.2) is 11.6 Å². The quantitative estimate of drug-likeness (QED) is 0.658. The number of benzene rings is 2. The molecule has 0 bridgehead atoms. The van der Waals surface area contributed by atoms with E-state index in [-0.39, 0.29) is 12.3 Å². The van der Waals surface area contributed by atoms with Gasteiger partial charge in [0.1, 0.15) is 0 Å². The molecule has 0 aliphatic heterocycles. The smallest absolute Gasteiger partial charge is 0.244 e. The molecule has 0 spiro atoms. The van der Waals surface area contributed by atoms with Crippen molar-refractivity contribution >= 4 is 23.2 Å². The van der Waals surface area contributed by atoms with Crippen molar-refractivity contribution in [2.75, 3.05) is 0 Å². The molecule has 0 atom stereocenters. The van der Waals surface area contributed by atoms with E-state index in [0.29, 0.717) is 5.02 Å². The van der Waals surface area contributed by atoms with Crippen molar-refractivity contribution in [1.82, 2.24) is 5.43 Å². The Labute approximate surface area is 136 Å². The average molecular weight is 315 g/mol. The van der Waals surface area contributed by atoms with Crippen LogP contribution in [0.3, 0.4) is 0 Å². The van der Waals surface area contributed by atoms with E-state index < -0.39 is 0 Å². The minimum Gasteiger partial charge on any atom is -0.273 e. The lowest BCUT2D eigenvalue weighted by Gasteiger charge is -2.04. The summed E-state index contributed by atoms with van der Waals surface area (Å²) < 4.78 is 0. The van der Waals surface area contributed by atoms with E-state index in [0.717, 1.165) is 23.3 Å². The minimum absolute atomic E-state index is 0.146. The first-order chi connectivity index (χ1) is 10.6. The zero-order valence-corrected chi connectivity index (χ0v) is 13.5. The molecule has 0 saturated carbocycles. The number of halogens is 1. The molecule has 0 heterocycles. The van der Waals surface area contributed by atoms with Crippen molar-refractivity contribution in [1.29, 1.82) is 0 Å². The lowest BCUT2D eigenvalue weighted by Crippen LogP contribution is -2.21. The molecule has 0 unspecified atom stereocenters. The molecular weight excluding hydrogens is 296 g/mol. The summed E-state index contributed by atoms with van der Waals surface area (Å²) in [5.41, 5.74) is 6.56. The van der Waals surface area contributed by atoms with Gasteiger partial charge in [-0.2, -0.15) is 5.10 Å². The van der Waals surface area contributed by atoms with Crippen LogP contribution in [0.25, 0.3) is 0 Å². The molecule has 1 N–H and O–H groups in total. The van der Waals surface area contributed by atoms with Gasteiger partial charge < -0.3 is 0 Å². The Kier molecular flexibility index (Phi) is 5.73. The largest absolute Gasteiger partial charge is 0.273 e. The fraction of sp³-hybridized carbons (Fsp3) is 0.222. The van der Waals surface area contributed by atoms with E-state index in [4.69, 9.17) is 11.6 Å². The van der Waals surface area contributed by atoms with Gasteiger partial charge in [0.15, 0.2) is 0 Å². The molecule has 0 aliphatic rings. The molecule has 0 aromatic heterocycles. The van der Waals surface area contributed by atoms with Crippen molar-refractivity contribution in [2.45, 2.75) is 26.7 Å². The topological polar surface area (TPSA) is 41.5 Å². The zero-order valence-electron chi connectivity index (χ0n) is 12.8. The Balaban J connectivity index is 1.94. The molecule has 0 fully saturated rings. The van der Waals surface area contributed by atoms with Gasteiger partial charge in [-0.25, -0.2) is 5.43 Å². The lowest BCUT2D eigenvalue weighted by molar-refractivity contribution is -0.120. The Morgan fingerprint density at radius 1 is 1.05 bits per heavy atom. The molecule has 2 aromatic carbocycles. The van der Waals surface area contributed by atoms with Crippen LogP contribution in [0.2, 0.25) is 5.02 Å². The van der Waals surface area contributed by atoms with Crippen LogP contribution in [0.4, 0.5) is 0 Å². The van der Waals surface area contributed by atoms with Crippen molar-refractivity contribution in [2.24, 2.45) is 5.10 Å². The normalized spacial score (nSPS) is 11.3. The van der Waals surface area contributed by atoms with E-state index >= 15 is 0 Å². The van der Waals surface area contributed by atoms with E-state index in [2.05, 4.69) is 29.6 Å². The molecule has 2 aromatic rings. The SMILES string of the molecule is CCc1ccc(/C(C)=N\NC(=O)Cc2ccc(Cl)cc2)cc1. The highest BCUT2D eigenvalue weighted by molar-refractivity contribution is 6.30. The first-order valence-corrected chi connectivity index (χ1v) is 7.63. The Bertz CT molecular complexity index is 660. The second kappa shape index (κ2) is 7.76. The fourth-order valence-corrected chi connectivity index (χ4v) is 2.15. The number of carbonyl (C=O) groups is 1. The van der Waals surface area contributed by atoms with E-state index in [1.807, 2.05) is 31.2 Å². The van der Waals surface area contributed by atoms with Gasteiger partial charge in [-0.1, -0.05) is 54.9 Å². The lowest BCUT2D eigenvalue weighted by atomic mass is 10.1. The van der Waals surface area contributed by atoms with Gasteiger partial charge in [0.05, 0.1) is 12.1 Å². The van der Waals surface area contributed by atoms with Crippen LogP contribution >= 0.6 is 11.6 Å². The van der Waals surface area contributed by atoms with E-state index in [9.17, 15) is 4.79 Å². The van der Waals surface area contributed by atoms with Crippen molar-refractivity contribution in [3.63, 3.8) is 0 Å². The zero-order chi connectivity index (χ0) is 15.9. The number of hydrazone groups is 1. The summed E-state index contributed by atoms with van der Waals surface area (Å²) in [6, 6.07) is 15.4. The average Bonchev–Trinajstić information content (AvgIpc) is 2.55. The minimum atomic E-state index is -0.146. The molecule has 0 aliphatic carbocycles. The number of nitrogens with zero attached hydrogens (tertiary/aromatic N) is 1. The molecule has 2 rings (SSSR count). The summed E-state index contributed by atoms with van der Waals surface area (Å²) >= 11 is 5.82. The van der Waals surface area contributed by atoms with Crippen molar-refractivity contribution in [3.8, 4) is 0 Å². The number of rotatable bonds is 5. The van der Waals surface area contributed by atoms with Gasteiger partial charge in [0.2, 0.25) is 5.91 Å². The number of amides is 1. The second-order valence-corrected chi connectivity index (χ2v) is 5.52. The molecule has 114 valence electrons. The summed E-state index contributed by atoms with van der Waals surface area (Å²) in [5.74, 6) is -0.146. The van der Waals surface area contributed by atoms with Gasteiger partial charge in [-0.05, 0) is 42.2 Å². The second-order valence-electron chi connectivity index (χ2n) is 5.09. The van der Waals surface area contributed by atoms with Crippen LogP contribution in [0.15, 0.2) is 53.6 Å². The van der Waals surface area contributed by atoms with Crippen molar-refractivity contribution < 1.29 is 4.79 Å². The standard InChI is InChI=1S/C18H19ClN2O/c1-3-14-4-8-16(9-5-14)13(2)20-21-18(22)12-15-6-10-17(19)11-7-15/h4-11H,3,12H2,1-2H3,(H,21,22)/b20-13-. The van der Waals surface area contributed by atoms with Crippen LogP contribution in [0, 0.1) is 0 Å². The summed E-state index contributed by atoms with van der Waals surface area (Å²) in [4.78, 5) is 11.9. The van der Waals surface area contributed by atoms with Crippen LogP contribution in [0.5, 0.6) is 0 Å². The number of carbonyl (C=O) groups excluding carboxylic acids is 1. The molecule has 1 amide bonds. The summed E-state index contributed by atoms with van der Waals surface area (Å²) in [5, 5.41) is 4.82. The Morgan fingerprint density at radius 2 is 1.64 bits per heavy atom. The Morgan fingerprint density at radius 3 is 2.23 bits per heavy atom. The van der Waals surface area contributed by atoms with Crippen molar-refractivity contribution in [3.05, 3.63) is 70.2 Å². The highest BCUT2D eigenvalue weighted by atomic mass is 35.5. The highest BCUT2D eigenvalue weighted by Gasteiger charge is 2.03. The van der Waals surface area contributed by atoms with Gasteiger partial charge in [-0.15, -0.1) is 0 Å². The predicted octanol–water partition coefficient (Wildman–Crippen LogP) is 3.99. The first-order valence-electron chi connectivity index (χ1n) is 7.25. The van der Waals surface area contributed by atoms with Crippen LogP contribution in [0.1, 0.15) is 30.5 Å². The number of aryl methyl sites for hydroxylation is 1. The molecule has 0 saturated heterocycles. The predicted molar refractivity (Wildman–Crippen MR) is 91.3 cm³/mol. The van der Waals surface area contributed by atoms with Gasteiger partial charge >= 0.3 is 0 Å².